The molecule has 2 aromatic heterocycles. The maximum absolute atomic E-state index is 12.9. The third kappa shape index (κ3) is 3.44. The molecule has 2 heterocycles. The maximum Gasteiger partial charge on any atom is 0.400 e. The SMILES string of the molecule is COc1c(Cc2c[nH]c3ccccc23)[nH]c(=O)c(CC2CCCCC2)[n+]1[O-]. The smallest absolute Gasteiger partial charge is 0.400 e. The summed E-state index contributed by atoms with van der Waals surface area (Å²) in [6.45, 7) is 0. The Kier molecular flexibility index (Phi) is 4.88. The van der Waals surface area contributed by atoms with Crippen LogP contribution in [0.2, 0.25) is 0 Å². The van der Waals surface area contributed by atoms with E-state index in [2.05, 4.69) is 9.97 Å². The van der Waals surface area contributed by atoms with Crippen LogP contribution in [0.15, 0.2) is 35.3 Å². The van der Waals surface area contributed by atoms with Crippen molar-refractivity contribution < 1.29 is 9.47 Å². The van der Waals surface area contributed by atoms with Gasteiger partial charge in [-0.05, 0) is 30.4 Å². The molecule has 27 heavy (non-hydrogen) atoms. The molecule has 4 rings (SSSR count). The number of rotatable bonds is 5. The van der Waals surface area contributed by atoms with E-state index in [-0.39, 0.29) is 17.1 Å². The number of methoxy groups -OCH3 is 1. The van der Waals surface area contributed by atoms with Gasteiger partial charge in [0.15, 0.2) is 0 Å². The van der Waals surface area contributed by atoms with Crippen molar-refractivity contribution in [3.8, 4) is 5.88 Å². The Bertz CT molecular complexity index is 1000. The van der Waals surface area contributed by atoms with Crippen molar-refractivity contribution in [1.82, 2.24) is 9.97 Å². The Hall–Kier alpha value is -2.76. The summed E-state index contributed by atoms with van der Waals surface area (Å²) in [6.07, 6.45) is 8.62. The van der Waals surface area contributed by atoms with E-state index < -0.39 is 0 Å². The van der Waals surface area contributed by atoms with Gasteiger partial charge < -0.3 is 19.9 Å². The monoisotopic (exact) mass is 367 g/mol. The molecule has 1 aliphatic carbocycles. The number of benzene rings is 1. The van der Waals surface area contributed by atoms with Gasteiger partial charge in [-0.1, -0.05) is 37.5 Å². The summed E-state index contributed by atoms with van der Waals surface area (Å²) in [4.78, 5) is 18.8. The summed E-state index contributed by atoms with van der Waals surface area (Å²) < 4.78 is 6.10. The molecule has 0 spiro atoms. The summed E-state index contributed by atoms with van der Waals surface area (Å²) in [5.74, 6) is 0.593. The van der Waals surface area contributed by atoms with Crippen LogP contribution in [-0.2, 0) is 12.8 Å². The standard InChI is InChI=1S/C21H25N3O3/c1-27-21-18(12-15-13-22-17-10-6-5-9-16(15)17)23-20(25)19(24(21)26)11-14-7-3-2-4-8-14/h5-6,9-10,13-14,22H,2-4,7-8,11-12H2,1H3,(H,23,25). The van der Waals surface area contributed by atoms with Gasteiger partial charge in [0.2, 0.25) is 0 Å². The molecular weight excluding hydrogens is 342 g/mol. The van der Waals surface area contributed by atoms with Gasteiger partial charge in [-0.2, -0.15) is 0 Å². The van der Waals surface area contributed by atoms with Gasteiger partial charge in [-0.15, -0.1) is 4.73 Å². The normalized spacial score (nSPS) is 15.3. The Morgan fingerprint density at radius 2 is 2.00 bits per heavy atom. The first-order valence-corrected chi connectivity index (χ1v) is 9.64. The van der Waals surface area contributed by atoms with Crippen LogP contribution in [0.5, 0.6) is 5.88 Å². The summed E-state index contributed by atoms with van der Waals surface area (Å²) in [5.41, 5.74) is 2.51. The summed E-state index contributed by atoms with van der Waals surface area (Å²) in [7, 11) is 1.48. The van der Waals surface area contributed by atoms with Crippen molar-refractivity contribution in [3.63, 3.8) is 0 Å². The van der Waals surface area contributed by atoms with Crippen LogP contribution in [0, 0.1) is 11.1 Å². The third-order valence-corrected chi connectivity index (χ3v) is 5.66. The zero-order valence-corrected chi connectivity index (χ0v) is 15.6. The fourth-order valence-corrected chi connectivity index (χ4v) is 4.23. The van der Waals surface area contributed by atoms with Gasteiger partial charge in [0, 0.05) is 29.9 Å². The summed E-state index contributed by atoms with van der Waals surface area (Å²) >= 11 is 0. The number of aromatic nitrogens is 3. The average Bonchev–Trinajstić information content (AvgIpc) is 3.09. The molecule has 0 aliphatic heterocycles. The zero-order chi connectivity index (χ0) is 18.8. The van der Waals surface area contributed by atoms with E-state index in [1.807, 2.05) is 30.5 Å². The molecule has 3 aromatic rings. The van der Waals surface area contributed by atoms with Crippen molar-refractivity contribution in [2.24, 2.45) is 5.92 Å². The number of fused-ring (bicyclic) bond motifs is 1. The Morgan fingerprint density at radius 1 is 1.22 bits per heavy atom. The molecule has 1 fully saturated rings. The first-order valence-electron chi connectivity index (χ1n) is 9.64. The van der Waals surface area contributed by atoms with Crippen LogP contribution < -0.4 is 15.0 Å². The van der Waals surface area contributed by atoms with Crippen LogP contribution in [0.4, 0.5) is 0 Å². The van der Waals surface area contributed by atoms with Gasteiger partial charge in [0.25, 0.3) is 5.69 Å². The fourth-order valence-electron chi connectivity index (χ4n) is 4.23. The number of H-pyrrole nitrogens is 2. The highest BCUT2D eigenvalue weighted by Gasteiger charge is 2.26. The molecule has 0 bridgehead atoms. The van der Waals surface area contributed by atoms with Gasteiger partial charge >= 0.3 is 11.4 Å². The van der Waals surface area contributed by atoms with E-state index in [4.69, 9.17) is 4.74 Å². The number of hydrogen-bond acceptors (Lipinski definition) is 3. The van der Waals surface area contributed by atoms with E-state index in [9.17, 15) is 10.0 Å². The Morgan fingerprint density at radius 3 is 2.78 bits per heavy atom. The molecule has 0 unspecified atom stereocenters. The minimum absolute atomic E-state index is 0.186. The largest absolute Gasteiger partial charge is 0.616 e. The van der Waals surface area contributed by atoms with Crippen LogP contribution in [-0.4, -0.2) is 17.1 Å². The first-order chi connectivity index (χ1) is 13.2. The van der Waals surface area contributed by atoms with E-state index in [1.54, 1.807) is 0 Å². The summed E-state index contributed by atoms with van der Waals surface area (Å²) in [6, 6.07) is 7.96. The molecule has 0 atom stereocenters. The number of nitrogens with one attached hydrogen (secondary N) is 2. The number of nitrogens with zero attached hydrogens (tertiary/aromatic N) is 1. The molecule has 0 saturated heterocycles. The molecule has 1 aliphatic rings. The van der Waals surface area contributed by atoms with Gasteiger partial charge in [0.1, 0.15) is 5.69 Å². The van der Waals surface area contributed by atoms with E-state index in [0.29, 0.717) is 29.2 Å². The lowest BCUT2D eigenvalue weighted by Crippen LogP contribution is -2.43. The molecule has 2 N–H and O–H groups in total. The van der Waals surface area contributed by atoms with Crippen molar-refractivity contribution in [3.05, 3.63) is 63.0 Å². The second-order valence-corrected chi connectivity index (χ2v) is 7.43. The van der Waals surface area contributed by atoms with Gasteiger partial charge in [-0.25, -0.2) is 0 Å². The second kappa shape index (κ2) is 7.47. The molecule has 0 radical (unpaired) electrons. The van der Waals surface area contributed by atoms with E-state index in [0.717, 1.165) is 29.3 Å². The Balaban J connectivity index is 1.68. The quantitative estimate of drug-likeness (QED) is 0.536. The van der Waals surface area contributed by atoms with E-state index in [1.165, 1.54) is 26.4 Å². The van der Waals surface area contributed by atoms with Crippen LogP contribution in [0.1, 0.15) is 49.1 Å². The lowest BCUT2D eigenvalue weighted by atomic mass is 9.86. The number of para-hydroxylation sites is 1. The van der Waals surface area contributed by atoms with E-state index >= 15 is 0 Å². The maximum atomic E-state index is 12.9. The first kappa shape index (κ1) is 17.6. The zero-order valence-electron chi connectivity index (χ0n) is 15.6. The van der Waals surface area contributed by atoms with Crippen LogP contribution in [0.3, 0.4) is 0 Å². The van der Waals surface area contributed by atoms with Crippen LogP contribution >= 0.6 is 0 Å². The lowest BCUT2D eigenvalue weighted by Gasteiger charge is -2.20. The van der Waals surface area contributed by atoms with Gasteiger partial charge in [-0.3, -0.25) is 4.79 Å². The highest BCUT2D eigenvalue weighted by atomic mass is 16.5. The van der Waals surface area contributed by atoms with Crippen molar-refractivity contribution in [1.29, 1.82) is 0 Å². The predicted octanol–water partition coefficient (Wildman–Crippen LogP) is 3.21. The molecular formula is C21H25N3O3. The molecule has 142 valence electrons. The lowest BCUT2D eigenvalue weighted by molar-refractivity contribution is -0.623. The number of aromatic amines is 2. The predicted molar refractivity (Wildman–Crippen MR) is 104 cm³/mol. The Labute approximate surface area is 157 Å². The highest BCUT2D eigenvalue weighted by molar-refractivity contribution is 5.83. The minimum Gasteiger partial charge on any atom is -0.616 e. The van der Waals surface area contributed by atoms with Gasteiger partial charge in [0.05, 0.1) is 7.11 Å². The highest BCUT2D eigenvalue weighted by Crippen LogP contribution is 2.26. The molecule has 6 heteroatoms. The fraction of sp³-hybridized carbons (Fsp3) is 0.429. The molecule has 1 saturated carbocycles. The average molecular weight is 367 g/mol. The molecule has 1 aromatic carbocycles. The van der Waals surface area contributed by atoms with Crippen molar-refractivity contribution >= 4 is 10.9 Å². The summed E-state index contributed by atoms with van der Waals surface area (Å²) in [5, 5.41) is 13.9. The molecule has 6 nitrogen and oxygen atoms in total. The number of hydrogen-bond donors (Lipinski definition) is 2. The van der Waals surface area contributed by atoms with Crippen LogP contribution in [0.25, 0.3) is 10.9 Å². The third-order valence-electron chi connectivity index (χ3n) is 5.66. The topological polar surface area (TPSA) is 84.8 Å². The molecule has 0 amide bonds. The van der Waals surface area contributed by atoms with Crippen molar-refractivity contribution in [2.45, 2.75) is 44.9 Å². The number of ether oxygens (including phenoxy) is 1. The van der Waals surface area contributed by atoms with Crippen molar-refractivity contribution in [2.75, 3.05) is 7.11 Å². The second-order valence-electron chi connectivity index (χ2n) is 7.43. The minimum atomic E-state index is -0.300.